The zero-order chi connectivity index (χ0) is 14.7. The number of hydrogen-bond donors (Lipinski definition) is 1. The van der Waals surface area contributed by atoms with Gasteiger partial charge in [0.25, 0.3) is 0 Å². The van der Waals surface area contributed by atoms with Gasteiger partial charge in [-0.15, -0.1) is 0 Å². The quantitative estimate of drug-likeness (QED) is 0.828. The Hall–Kier alpha value is -1.10. The van der Waals surface area contributed by atoms with Crippen molar-refractivity contribution in [2.45, 2.75) is 45.1 Å². The molecule has 3 atom stereocenters. The summed E-state index contributed by atoms with van der Waals surface area (Å²) in [5.41, 5.74) is 0. The first-order valence-electron chi connectivity index (χ1n) is 7.76. The first-order chi connectivity index (χ1) is 9.54. The standard InChI is InChI=1S/C15H26N2O3/c1-3-17-9-5-6-11(17)10-16(2)14(18)12-7-4-8-13(12)15(19)20/h11-13H,3-10H2,1-2H3,(H,19,20)/t11?,12-,13+/m1/s1. The van der Waals surface area contributed by atoms with Gasteiger partial charge in [-0.1, -0.05) is 13.3 Å². The van der Waals surface area contributed by atoms with E-state index in [1.807, 2.05) is 7.05 Å². The highest BCUT2D eigenvalue weighted by molar-refractivity contribution is 5.85. The third-order valence-electron chi connectivity index (χ3n) is 4.92. The average Bonchev–Trinajstić information content (AvgIpc) is 3.05. The minimum absolute atomic E-state index is 0.0258. The monoisotopic (exact) mass is 282 g/mol. The van der Waals surface area contributed by atoms with Gasteiger partial charge < -0.3 is 10.0 Å². The van der Waals surface area contributed by atoms with Gasteiger partial charge in [0, 0.05) is 19.6 Å². The van der Waals surface area contributed by atoms with E-state index in [-0.39, 0.29) is 11.8 Å². The number of likely N-dealkylation sites (tertiary alicyclic amines) is 1. The maximum Gasteiger partial charge on any atom is 0.307 e. The van der Waals surface area contributed by atoms with Gasteiger partial charge in [0.1, 0.15) is 0 Å². The summed E-state index contributed by atoms with van der Waals surface area (Å²) in [6.07, 6.45) is 4.55. The van der Waals surface area contributed by atoms with Crippen LogP contribution in [0.2, 0.25) is 0 Å². The molecule has 20 heavy (non-hydrogen) atoms. The summed E-state index contributed by atoms with van der Waals surface area (Å²) in [6.45, 7) is 5.02. The lowest BCUT2D eigenvalue weighted by Crippen LogP contribution is -2.44. The first-order valence-corrected chi connectivity index (χ1v) is 7.76. The Bertz CT molecular complexity index is 372. The van der Waals surface area contributed by atoms with Crippen molar-refractivity contribution >= 4 is 11.9 Å². The van der Waals surface area contributed by atoms with Crippen molar-refractivity contribution < 1.29 is 14.7 Å². The van der Waals surface area contributed by atoms with E-state index >= 15 is 0 Å². The molecule has 5 nitrogen and oxygen atoms in total. The van der Waals surface area contributed by atoms with Gasteiger partial charge in [-0.3, -0.25) is 14.5 Å². The molecule has 0 radical (unpaired) electrons. The Morgan fingerprint density at radius 2 is 1.90 bits per heavy atom. The van der Waals surface area contributed by atoms with E-state index in [1.165, 1.54) is 6.42 Å². The number of carboxylic acids is 1. The molecule has 1 amide bonds. The van der Waals surface area contributed by atoms with Gasteiger partial charge in [-0.2, -0.15) is 0 Å². The number of carboxylic acid groups (broad SMARTS) is 1. The van der Waals surface area contributed by atoms with E-state index in [9.17, 15) is 14.7 Å². The predicted molar refractivity (Wildman–Crippen MR) is 76.4 cm³/mol. The van der Waals surface area contributed by atoms with Crippen molar-refractivity contribution in [3.05, 3.63) is 0 Å². The maximum atomic E-state index is 12.5. The van der Waals surface area contributed by atoms with Crippen LogP contribution in [0.5, 0.6) is 0 Å². The van der Waals surface area contributed by atoms with Crippen LogP contribution in [0.15, 0.2) is 0 Å². The number of carbonyl (C=O) groups excluding carboxylic acids is 1. The van der Waals surface area contributed by atoms with Crippen LogP contribution < -0.4 is 0 Å². The predicted octanol–water partition coefficient (Wildman–Crippen LogP) is 1.43. The van der Waals surface area contributed by atoms with E-state index in [0.29, 0.717) is 12.5 Å². The number of aliphatic carboxylic acids is 1. The fourth-order valence-electron chi connectivity index (χ4n) is 3.76. The molecule has 0 aromatic rings. The van der Waals surface area contributed by atoms with Crippen LogP contribution in [-0.2, 0) is 9.59 Å². The van der Waals surface area contributed by atoms with E-state index in [4.69, 9.17) is 0 Å². The molecule has 2 fully saturated rings. The average molecular weight is 282 g/mol. The Labute approximate surface area is 120 Å². The molecule has 1 N–H and O–H groups in total. The summed E-state index contributed by atoms with van der Waals surface area (Å²) in [6, 6.07) is 0.443. The zero-order valence-corrected chi connectivity index (χ0v) is 12.5. The molecule has 1 aliphatic heterocycles. The normalized spacial score (nSPS) is 30.6. The van der Waals surface area contributed by atoms with Gasteiger partial charge >= 0.3 is 5.97 Å². The number of carbonyl (C=O) groups is 2. The summed E-state index contributed by atoms with van der Waals surface area (Å²) < 4.78 is 0. The Morgan fingerprint density at radius 1 is 1.20 bits per heavy atom. The second-order valence-electron chi connectivity index (χ2n) is 6.13. The molecule has 5 heteroatoms. The van der Waals surface area contributed by atoms with Crippen LogP contribution in [0.3, 0.4) is 0 Å². The van der Waals surface area contributed by atoms with Crippen molar-refractivity contribution in [2.24, 2.45) is 11.8 Å². The first kappa shape index (κ1) is 15.3. The largest absolute Gasteiger partial charge is 0.481 e. The summed E-state index contributed by atoms with van der Waals surface area (Å²) in [7, 11) is 1.83. The molecule has 0 aromatic heterocycles. The van der Waals surface area contributed by atoms with E-state index < -0.39 is 11.9 Å². The van der Waals surface area contributed by atoms with Gasteiger partial charge in [0.15, 0.2) is 0 Å². The van der Waals surface area contributed by atoms with Crippen LogP contribution in [0, 0.1) is 11.8 Å². The second-order valence-corrected chi connectivity index (χ2v) is 6.13. The molecule has 1 saturated carbocycles. The molecule has 1 unspecified atom stereocenters. The SMILES string of the molecule is CCN1CCCC1CN(C)C(=O)[C@@H]1CCC[C@@H]1C(=O)O. The highest BCUT2D eigenvalue weighted by Crippen LogP contribution is 2.33. The summed E-state index contributed by atoms with van der Waals surface area (Å²) in [5.74, 6) is -1.58. The van der Waals surface area contributed by atoms with Crippen molar-refractivity contribution in [1.29, 1.82) is 0 Å². The molecule has 114 valence electrons. The number of amides is 1. The van der Waals surface area contributed by atoms with Crippen molar-refractivity contribution in [3.8, 4) is 0 Å². The third-order valence-corrected chi connectivity index (χ3v) is 4.92. The minimum Gasteiger partial charge on any atom is -0.481 e. The molecule has 1 aliphatic carbocycles. The van der Waals surface area contributed by atoms with Crippen molar-refractivity contribution in [2.75, 3.05) is 26.7 Å². The Kier molecular flexibility index (Phi) is 5.02. The molecular formula is C15H26N2O3. The second kappa shape index (κ2) is 6.57. The van der Waals surface area contributed by atoms with Crippen molar-refractivity contribution in [3.63, 3.8) is 0 Å². The molecule has 1 saturated heterocycles. The summed E-state index contributed by atoms with van der Waals surface area (Å²) in [4.78, 5) is 27.9. The smallest absolute Gasteiger partial charge is 0.307 e. The molecular weight excluding hydrogens is 256 g/mol. The number of nitrogens with zero attached hydrogens (tertiary/aromatic N) is 2. The van der Waals surface area contributed by atoms with Gasteiger partial charge in [0.05, 0.1) is 11.8 Å². The number of rotatable bonds is 5. The number of hydrogen-bond acceptors (Lipinski definition) is 3. The van der Waals surface area contributed by atoms with Gasteiger partial charge in [0.2, 0.25) is 5.91 Å². The summed E-state index contributed by atoms with van der Waals surface area (Å²) in [5, 5.41) is 9.20. The van der Waals surface area contributed by atoms with Crippen LogP contribution in [0.25, 0.3) is 0 Å². The Balaban J connectivity index is 1.93. The maximum absolute atomic E-state index is 12.5. The van der Waals surface area contributed by atoms with Crippen molar-refractivity contribution in [1.82, 2.24) is 9.80 Å². The fourth-order valence-corrected chi connectivity index (χ4v) is 3.76. The topological polar surface area (TPSA) is 60.9 Å². The van der Waals surface area contributed by atoms with Crippen LogP contribution in [0.1, 0.15) is 39.0 Å². The molecule has 0 bridgehead atoms. The third kappa shape index (κ3) is 3.14. The van der Waals surface area contributed by atoms with E-state index in [2.05, 4.69) is 11.8 Å². The van der Waals surface area contributed by atoms with Crippen LogP contribution >= 0.6 is 0 Å². The molecule has 2 aliphatic rings. The van der Waals surface area contributed by atoms with Gasteiger partial charge in [-0.05, 0) is 38.8 Å². The van der Waals surface area contributed by atoms with Crippen LogP contribution in [0.4, 0.5) is 0 Å². The zero-order valence-electron chi connectivity index (χ0n) is 12.5. The lowest BCUT2D eigenvalue weighted by Gasteiger charge is -2.30. The molecule has 1 heterocycles. The van der Waals surface area contributed by atoms with E-state index in [1.54, 1.807) is 4.90 Å². The molecule has 0 spiro atoms. The summed E-state index contributed by atoms with van der Waals surface area (Å²) >= 11 is 0. The van der Waals surface area contributed by atoms with E-state index in [0.717, 1.165) is 38.9 Å². The Morgan fingerprint density at radius 3 is 2.55 bits per heavy atom. The molecule has 0 aromatic carbocycles. The lowest BCUT2D eigenvalue weighted by atomic mass is 9.94. The molecule has 2 rings (SSSR count). The van der Waals surface area contributed by atoms with Gasteiger partial charge in [-0.25, -0.2) is 0 Å². The lowest BCUT2D eigenvalue weighted by molar-refractivity contribution is -0.148. The number of likely N-dealkylation sites (N-methyl/N-ethyl adjacent to an activating group) is 2. The highest BCUT2D eigenvalue weighted by atomic mass is 16.4. The highest BCUT2D eigenvalue weighted by Gasteiger charge is 2.39. The minimum atomic E-state index is -0.815. The van der Waals surface area contributed by atoms with Crippen LogP contribution in [-0.4, -0.2) is 59.5 Å². The fraction of sp³-hybridized carbons (Fsp3) is 0.867.